The molecule has 1 aliphatic carbocycles. The molecule has 0 bridgehead atoms. The Morgan fingerprint density at radius 2 is 2.17 bits per heavy atom. The molecule has 0 amide bonds. The number of hydrogen-bond donors (Lipinski definition) is 2. The van der Waals surface area contributed by atoms with E-state index in [9.17, 15) is 9.90 Å². The highest BCUT2D eigenvalue weighted by Gasteiger charge is 2.29. The maximum Gasteiger partial charge on any atom is 0.343 e. The van der Waals surface area contributed by atoms with Crippen molar-refractivity contribution < 1.29 is 5.11 Å². The maximum atomic E-state index is 11.5. The summed E-state index contributed by atoms with van der Waals surface area (Å²) in [6.45, 7) is 2.71. The molecule has 0 aliphatic heterocycles. The zero-order chi connectivity index (χ0) is 13.0. The van der Waals surface area contributed by atoms with Gasteiger partial charge in [0.25, 0.3) is 0 Å². The molecule has 0 saturated heterocycles. The Kier molecular flexibility index (Phi) is 4.50. The normalized spacial score (nSPS) is 19.0. The van der Waals surface area contributed by atoms with Crippen LogP contribution >= 0.6 is 11.8 Å². The average Bonchev–Trinajstić information content (AvgIpc) is 2.70. The second-order valence-corrected chi connectivity index (χ2v) is 5.98. The molecule has 102 valence electrons. The predicted octanol–water partition coefficient (Wildman–Crippen LogP) is 1.77. The van der Waals surface area contributed by atoms with Crippen LogP contribution in [0, 0.1) is 0 Å². The van der Waals surface area contributed by atoms with Gasteiger partial charge in [0.1, 0.15) is 0 Å². The van der Waals surface area contributed by atoms with Crippen molar-refractivity contribution >= 4 is 11.8 Å². The summed E-state index contributed by atoms with van der Waals surface area (Å²) >= 11 is 1.48. The molecule has 1 fully saturated rings. The lowest BCUT2D eigenvalue weighted by Crippen LogP contribution is -2.34. The van der Waals surface area contributed by atoms with Crippen LogP contribution in [-0.4, -0.2) is 31.2 Å². The summed E-state index contributed by atoms with van der Waals surface area (Å²) in [5, 5.41) is 17.6. The predicted molar refractivity (Wildman–Crippen MR) is 71.9 cm³/mol. The highest BCUT2D eigenvalue weighted by atomic mass is 32.2. The van der Waals surface area contributed by atoms with E-state index in [4.69, 9.17) is 0 Å². The molecule has 0 spiro atoms. The summed E-state index contributed by atoms with van der Waals surface area (Å²) < 4.78 is 1.65. The number of H-pyrrole nitrogens is 1. The molecule has 0 radical (unpaired) electrons. The van der Waals surface area contributed by atoms with Crippen LogP contribution in [0.4, 0.5) is 0 Å². The zero-order valence-corrected chi connectivity index (χ0v) is 11.6. The fourth-order valence-corrected chi connectivity index (χ4v) is 3.51. The van der Waals surface area contributed by atoms with Gasteiger partial charge < -0.3 is 5.11 Å². The second-order valence-electron chi connectivity index (χ2n) is 5.04. The quantitative estimate of drug-likeness (QED) is 0.801. The summed E-state index contributed by atoms with van der Waals surface area (Å²) in [7, 11) is 0. The van der Waals surface area contributed by atoms with Gasteiger partial charge in [0.05, 0.1) is 5.60 Å². The molecule has 2 N–H and O–H groups in total. The van der Waals surface area contributed by atoms with Crippen LogP contribution in [0.1, 0.15) is 45.4 Å². The minimum absolute atomic E-state index is 0.157. The van der Waals surface area contributed by atoms with E-state index in [1.54, 1.807) is 4.57 Å². The van der Waals surface area contributed by atoms with Crippen LogP contribution in [0.25, 0.3) is 0 Å². The smallest absolute Gasteiger partial charge is 0.343 e. The van der Waals surface area contributed by atoms with Gasteiger partial charge in [-0.25, -0.2) is 9.89 Å². The number of aliphatic hydroxyl groups is 1. The lowest BCUT2D eigenvalue weighted by Gasteiger charge is -2.31. The number of nitrogens with zero attached hydrogens (tertiary/aromatic N) is 2. The lowest BCUT2D eigenvalue weighted by atomic mass is 9.86. The average molecular weight is 271 g/mol. The van der Waals surface area contributed by atoms with Gasteiger partial charge in [-0.1, -0.05) is 37.9 Å². The number of rotatable bonds is 5. The minimum atomic E-state index is -0.574. The molecule has 0 aromatic carbocycles. The summed E-state index contributed by atoms with van der Waals surface area (Å²) in [5.74, 6) is 0.626. The molecule has 1 saturated carbocycles. The number of aromatic amines is 1. The SMILES string of the molecule is CCCn1c(SCC2(O)CCCCC2)n[nH]c1=O. The number of aromatic nitrogens is 3. The summed E-state index contributed by atoms with van der Waals surface area (Å²) in [6, 6.07) is 0. The van der Waals surface area contributed by atoms with E-state index >= 15 is 0 Å². The third-order valence-electron chi connectivity index (χ3n) is 3.42. The molecule has 1 aliphatic rings. The van der Waals surface area contributed by atoms with Crippen molar-refractivity contribution in [2.24, 2.45) is 0 Å². The zero-order valence-electron chi connectivity index (χ0n) is 10.8. The number of nitrogens with one attached hydrogen (secondary N) is 1. The molecule has 5 nitrogen and oxygen atoms in total. The standard InChI is InChI=1S/C12H21N3O2S/c1-2-8-15-10(16)13-14-11(15)18-9-12(17)6-4-3-5-7-12/h17H,2-9H2,1H3,(H,13,16). The third kappa shape index (κ3) is 3.17. The van der Waals surface area contributed by atoms with Crippen LogP contribution in [0.2, 0.25) is 0 Å². The topological polar surface area (TPSA) is 70.9 Å². The van der Waals surface area contributed by atoms with Crippen LogP contribution in [0.5, 0.6) is 0 Å². The van der Waals surface area contributed by atoms with Crippen molar-refractivity contribution in [1.29, 1.82) is 0 Å². The van der Waals surface area contributed by atoms with Crippen molar-refractivity contribution in [2.75, 3.05) is 5.75 Å². The van der Waals surface area contributed by atoms with E-state index in [2.05, 4.69) is 10.2 Å². The van der Waals surface area contributed by atoms with E-state index in [1.165, 1.54) is 18.2 Å². The van der Waals surface area contributed by atoms with Gasteiger partial charge in [-0.2, -0.15) is 0 Å². The van der Waals surface area contributed by atoms with Gasteiger partial charge in [-0.15, -0.1) is 5.10 Å². The van der Waals surface area contributed by atoms with Gasteiger partial charge in [-0.05, 0) is 19.3 Å². The Morgan fingerprint density at radius 3 is 2.83 bits per heavy atom. The van der Waals surface area contributed by atoms with E-state index in [0.717, 1.165) is 32.1 Å². The highest BCUT2D eigenvalue weighted by Crippen LogP contribution is 2.32. The molecular formula is C12H21N3O2S. The van der Waals surface area contributed by atoms with Gasteiger partial charge in [0.15, 0.2) is 5.16 Å². The Hall–Kier alpha value is -0.750. The molecule has 1 aromatic rings. The van der Waals surface area contributed by atoms with Crippen molar-refractivity contribution in [2.45, 2.75) is 62.8 Å². The first-order chi connectivity index (χ1) is 8.64. The molecule has 0 unspecified atom stereocenters. The van der Waals surface area contributed by atoms with Crippen LogP contribution < -0.4 is 5.69 Å². The van der Waals surface area contributed by atoms with Gasteiger partial charge in [0.2, 0.25) is 0 Å². The van der Waals surface area contributed by atoms with Gasteiger partial charge in [-0.3, -0.25) is 4.57 Å². The first-order valence-corrected chi connectivity index (χ1v) is 7.63. The Morgan fingerprint density at radius 1 is 1.44 bits per heavy atom. The third-order valence-corrected chi connectivity index (χ3v) is 4.68. The van der Waals surface area contributed by atoms with Gasteiger partial charge >= 0.3 is 5.69 Å². The van der Waals surface area contributed by atoms with E-state index < -0.39 is 5.60 Å². The number of thioether (sulfide) groups is 1. The molecule has 1 heterocycles. The second kappa shape index (κ2) is 5.93. The van der Waals surface area contributed by atoms with E-state index in [-0.39, 0.29) is 5.69 Å². The fourth-order valence-electron chi connectivity index (χ4n) is 2.39. The molecule has 6 heteroatoms. The van der Waals surface area contributed by atoms with Crippen LogP contribution in [0.3, 0.4) is 0 Å². The highest BCUT2D eigenvalue weighted by molar-refractivity contribution is 7.99. The number of hydrogen-bond acceptors (Lipinski definition) is 4. The van der Waals surface area contributed by atoms with E-state index in [1.807, 2.05) is 6.92 Å². The van der Waals surface area contributed by atoms with Crippen molar-refractivity contribution in [1.82, 2.24) is 14.8 Å². The molecule has 0 atom stereocenters. The Balaban J connectivity index is 1.99. The minimum Gasteiger partial charge on any atom is -0.389 e. The maximum absolute atomic E-state index is 11.5. The summed E-state index contributed by atoms with van der Waals surface area (Å²) in [4.78, 5) is 11.5. The monoisotopic (exact) mass is 271 g/mol. The van der Waals surface area contributed by atoms with Crippen LogP contribution in [-0.2, 0) is 6.54 Å². The van der Waals surface area contributed by atoms with Crippen molar-refractivity contribution in [3.63, 3.8) is 0 Å². The molecule has 2 rings (SSSR count). The van der Waals surface area contributed by atoms with Crippen molar-refractivity contribution in [3.8, 4) is 0 Å². The fraction of sp³-hybridized carbons (Fsp3) is 0.833. The van der Waals surface area contributed by atoms with E-state index in [0.29, 0.717) is 17.5 Å². The first kappa shape index (κ1) is 13.7. The van der Waals surface area contributed by atoms with Crippen LogP contribution in [0.15, 0.2) is 9.95 Å². The summed E-state index contributed by atoms with van der Waals surface area (Å²) in [5.41, 5.74) is -0.732. The largest absolute Gasteiger partial charge is 0.389 e. The first-order valence-electron chi connectivity index (χ1n) is 6.65. The molecular weight excluding hydrogens is 250 g/mol. The summed E-state index contributed by atoms with van der Waals surface area (Å²) in [6.07, 6.45) is 6.04. The van der Waals surface area contributed by atoms with Crippen molar-refractivity contribution in [3.05, 3.63) is 10.5 Å². The van der Waals surface area contributed by atoms with Gasteiger partial charge in [0, 0.05) is 12.3 Å². The Labute approximate surface area is 111 Å². The lowest BCUT2D eigenvalue weighted by molar-refractivity contribution is 0.0272. The molecule has 1 aromatic heterocycles. The Bertz CT molecular complexity index is 435. The molecule has 18 heavy (non-hydrogen) atoms.